The minimum Gasteiger partial charge on any atom is -0.496 e. The fraction of sp³-hybridized carbons (Fsp3) is 0.304. The van der Waals surface area contributed by atoms with Crippen molar-refractivity contribution in [1.82, 2.24) is 15.6 Å². The second kappa shape index (κ2) is 12.3. The smallest absolute Gasteiger partial charge is 0.226 e. The van der Waals surface area contributed by atoms with Crippen LogP contribution in [0.3, 0.4) is 0 Å². The van der Waals surface area contributed by atoms with Crippen molar-refractivity contribution in [2.24, 2.45) is 4.99 Å². The maximum Gasteiger partial charge on any atom is 0.226 e. The number of nitrogens with one attached hydrogen (secondary N) is 2. The Morgan fingerprint density at radius 2 is 1.94 bits per heavy atom. The molecule has 6 nitrogen and oxygen atoms in total. The summed E-state index contributed by atoms with van der Waals surface area (Å²) in [6.07, 6.45) is 2.30. The Balaban J connectivity index is 0.00000341. The largest absolute Gasteiger partial charge is 0.496 e. The lowest BCUT2D eigenvalue weighted by molar-refractivity contribution is 0.409. The normalized spacial score (nSPS) is 11.0. The van der Waals surface area contributed by atoms with Gasteiger partial charge in [0, 0.05) is 30.6 Å². The highest BCUT2D eigenvalue weighted by atomic mass is 127. The molecule has 0 amide bonds. The molecule has 3 aromatic rings. The Labute approximate surface area is 199 Å². The Morgan fingerprint density at radius 1 is 1.16 bits per heavy atom. The van der Waals surface area contributed by atoms with E-state index in [-0.39, 0.29) is 29.8 Å². The van der Waals surface area contributed by atoms with E-state index in [9.17, 15) is 4.39 Å². The van der Waals surface area contributed by atoms with E-state index in [0.29, 0.717) is 25.4 Å². The number of oxazole rings is 1. The number of ether oxygens (including phenoxy) is 1. The van der Waals surface area contributed by atoms with Gasteiger partial charge in [0.25, 0.3) is 0 Å². The number of aliphatic imine (C=N–C) groups is 1. The van der Waals surface area contributed by atoms with Gasteiger partial charge in [-0.25, -0.2) is 14.4 Å². The molecule has 2 aromatic carbocycles. The van der Waals surface area contributed by atoms with Gasteiger partial charge in [-0.3, -0.25) is 0 Å². The predicted octanol–water partition coefficient (Wildman–Crippen LogP) is 4.71. The Hall–Kier alpha value is -2.62. The van der Waals surface area contributed by atoms with Gasteiger partial charge < -0.3 is 19.8 Å². The zero-order valence-electron chi connectivity index (χ0n) is 17.9. The summed E-state index contributed by atoms with van der Waals surface area (Å²) in [5.41, 5.74) is 3.74. The molecule has 8 heteroatoms. The lowest BCUT2D eigenvalue weighted by Crippen LogP contribution is -2.38. The number of guanidine groups is 1. The molecule has 3 rings (SSSR count). The molecule has 0 aliphatic heterocycles. The number of aromatic nitrogens is 1. The number of hydrogen-bond acceptors (Lipinski definition) is 4. The molecule has 0 aliphatic rings. The fourth-order valence-electron chi connectivity index (χ4n) is 2.94. The van der Waals surface area contributed by atoms with E-state index >= 15 is 0 Å². The first-order chi connectivity index (χ1) is 14.6. The molecule has 0 fully saturated rings. The number of rotatable bonds is 8. The quantitative estimate of drug-likeness (QED) is 0.247. The maximum absolute atomic E-state index is 13.1. The van der Waals surface area contributed by atoms with Crippen molar-refractivity contribution in [3.8, 4) is 17.2 Å². The van der Waals surface area contributed by atoms with E-state index in [4.69, 9.17) is 9.15 Å². The summed E-state index contributed by atoms with van der Waals surface area (Å²) in [7, 11) is 1.67. The van der Waals surface area contributed by atoms with E-state index in [0.717, 1.165) is 40.6 Å². The van der Waals surface area contributed by atoms with Crippen LogP contribution in [0, 0.1) is 12.7 Å². The Bertz CT molecular complexity index is 989. The molecular formula is C23H28FIN4O2. The second-order valence-electron chi connectivity index (χ2n) is 6.84. The molecular weight excluding hydrogens is 510 g/mol. The molecule has 31 heavy (non-hydrogen) atoms. The van der Waals surface area contributed by atoms with Gasteiger partial charge in [-0.2, -0.15) is 0 Å². The van der Waals surface area contributed by atoms with Crippen LogP contribution in [-0.4, -0.2) is 31.1 Å². The van der Waals surface area contributed by atoms with Crippen LogP contribution in [0.4, 0.5) is 4.39 Å². The number of methoxy groups -OCH3 is 1. The van der Waals surface area contributed by atoms with E-state index in [1.165, 1.54) is 12.1 Å². The summed E-state index contributed by atoms with van der Waals surface area (Å²) < 4.78 is 24.0. The average Bonchev–Trinajstić information content (AvgIpc) is 3.22. The highest BCUT2D eigenvalue weighted by Gasteiger charge is 2.08. The molecule has 2 N–H and O–H groups in total. The molecule has 0 radical (unpaired) electrons. The monoisotopic (exact) mass is 538 g/mol. The third-order valence-corrected chi connectivity index (χ3v) is 4.51. The van der Waals surface area contributed by atoms with Gasteiger partial charge in [-0.1, -0.05) is 12.1 Å². The van der Waals surface area contributed by atoms with Gasteiger partial charge >= 0.3 is 0 Å². The molecule has 0 atom stereocenters. The van der Waals surface area contributed by atoms with Crippen LogP contribution in [0.25, 0.3) is 11.5 Å². The van der Waals surface area contributed by atoms with Crippen molar-refractivity contribution >= 4 is 29.9 Å². The van der Waals surface area contributed by atoms with Crippen LogP contribution in [0.1, 0.15) is 23.7 Å². The van der Waals surface area contributed by atoms with Gasteiger partial charge in [-0.05, 0) is 49.7 Å². The highest BCUT2D eigenvalue weighted by Crippen LogP contribution is 2.21. The number of halogens is 2. The molecule has 0 aliphatic carbocycles. The highest BCUT2D eigenvalue weighted by molar-refractivity contribution is 14.0. The zero-order valence-corrected chi connectivity index (χ0v) is 20.3. The fourth-order valence-corrected chi connectivity index (χ4v) is 2.94. The van der Waals surface area contributed by atoms with Crippen LogP contribution in [0.2, 0.25) is 0 Å². The van der Waals surface area contributed by atoms with Gasteiger partial charge in [0.15, 0.2) is 5.96 Å². The average molecular weight is 538 g/mol. The predicted molar refractivity (Wildman–Crippen MR) is 132 cm³/mol. The van der Waals surface area contributed by atoms with Crippen LogP contribution >= 0.6 is 24.0 Å². The summed E-state index contributed by atoms with van der Waals surface area (Å²) >= 11 is 0. The van der Waals surface area contributed by atoms with Crippen molar-refractivity contribution in [2.75, 3.05) is 20.2 Å². The van der Waals surface area contributed by atoms with Gasteiger partial charge in [0.2, 0.25) is 5.89 Å². The first-order valence-electron chi connectivity index (χ1n) is 9.95. The Morgan fingerprint density at radius 3 is 2.65 bits per heavy atom. The van der Waals surface area contributed by atoms with E-state index < -0.39 is 0 Å². The standard InChI is InChI=1S/C23H27FN4O2.HI/c1-4-25-23(27-14-18-6-5-16(2)13-21(18)29-3)26-12-11-20-15-30-22(28-20)17-7-9-19(24)10-8-17;/h5-10,13,15H,4,11-12,14H2,1-3H3,(H2,25,26,27);1H. The van der Waals surface area contributed by atoms with E-state index in [1.54, 1.807) is 25.5 Å². The van der Waals surface area contributed by atoms with Gasteiger partial charge in [0.1, 0.15) is 17.8 Å². The lowest BCUT2D eigenvalue weighted by Gasteiger charge is -2.12. The topological polar surface area (TPSA) is 71.7 Å². The molecule has 0 bridgehead atoms. The van der Waals surface area contributed by atoms with Crippen molar-refractivity contribution < 1.29 is 13.5 Å². The van der Waals surface area contributed by atoms with Crippen molar-refractivity contribution in [3.63, 3.8) is 0 Å². The summed E-state index contributed by atoms with van der Waals surface area (Å²) in [5, 5.41) is 6.55. The van der Waals surface area contributed by atoms with Crippen molar-refractivity contribution in [1.29, 1.82) is 0 Å². The van der Waals surface area contributed by atoms with Gasteiger partial charge in [0.05, 0.1) is 19.3 Å². The van der Waals surface area contributed by atoms with Crippen molar-refractivity contribution in [2.45, 2.75) is 26.8 Å². The first kappa shape index (κ1) is 24.6. The molecule has 0 unspecified atom stereocenters. The Kier molecular flexibility index (Phi) is 9.77. The second-order valence-corrected chi connectivity index (χ2v) is 6.84. The minimum absolute atomic E-state index is 0. The third-order valence-electron chi connectivity index (χ3n) is 4.51. The summed E-state index contributed by atoms with van der Waals surface area (Å²) in [4.78, 5) is 9.12. The molecule has 1 aromatic heterocycles. The van der Waals surface area contributed by atoms with Crippen LogP contribution < -0.4 is 15.4 Å². The molecule has 0 spiro atoms. The van der Waals surface area contributed by atoms with E-state index in [1.807, 2.05) is 26.0 Å². The molecule has 0 saturated heterocycles. The minimum atomic E-state index is -0.284. The molecule has 166 valence electrons. The summed E-state index contributed by atoms with van der Waals surface area (Å²) in [6.45, 7) is 5.97. The van der Waals surface area contributed by atoms with Crippen LogP contribution in [0.5, 0.6) is 5.75 Å². The van der Waals surface area contributed by atoms with Gasteiger partial charge in [-0.15, -0.1) is 24.0 Å². The summed E-state index contributed by atoms with van der Waals surface area (Å²) in [6, 6.07) is 12.2. The van der Waals surface area contributed by atoms with Crippen molar-refractivity contribution in [3.05, 3.63) is 71.4 Å². The molecule has 1 heterocycles. The number of nitrogens with zero attached hydrogens (tertiary/aromatic N) is 2. The number of aryl methyl sites for hydroxylation is 1. The zero-order chi connectivity index (χ0) is 21.3. The number of benzene rings is 2. The lowest BCUT2D eigenvalue weighted by atomic mass is 10.1. The molecule has 0 saturated carbocycles. The number of hydrogen-bond donors (Lipinski definition) is 2. The first-order valence-corrected chi connectivity index (χ1v) is 9.95. The van der Waals surface area contributed by atoms with E-state index in [2.05, 4.69) is 26.7 Å². The summed E-state index contributed by atoms with van der Waals surface area (Å²) in [5.74, 6) is 1.76. The maximum atomic E-state index is 13.1. The van der Waals surface area contributed by atoms with Crippen LogP contribution in [-0.2, 0) is 13.0 Å². The SMILES string of the molecule is CCNC(=NCc1ccc(C)cc1OC)NCCc1coc(-c2ccc(F)cc2)n1.I. The van der Waals surface area contributed by atoms with Crippen LogP contribution in [0.15, 0.2) is 58.1 Å². The third kappa shape index (κ3) is 7.23.